The summed E-state index contributed by atoms with van der Waals surface area (Å²) < 4.78 is 13.4. The van der Waals surface area contributed by atoms with Crippen molar-refractivity contribution in [3.8, 4) is 0 Å². The van der Waals surface area contributed by atoms with Crippen molar-refractivity contribution in [2.24, 2.45) is 5.92 Å². The molecule has 2 nitrogen and oxygen atoms in total. The minimum absolute atomic E-state index is 0.277. The fourth-order valence-electron chi connectivity index (χ4n) is 2.74. The molecule has 0 atom stereocenters. The molecule has 0 aliphatic carbocycles. The number of hydrogen-bond donors (Lipinski definition) is 1. The van der Waals surface area contributed by atoms with Crippen LogP contribution in [0.4, 0.5) is 4.39 Å². The maximum atomic E-state index is 13.4. The molecule has 1 fully saturated rings. The maximum Gasteiger partial charge on any atom is 0.142 e. The Labute approximate surface area is 126 Å². The summed E-state index contributed by atoms with van der Waals surface area (Å²) in [5, 5.41) is 3.77. The Morgan fingerprint density at radius 1 is 1.35 bits per heavy atom. The van der Waals surface area contributed by atoms with Gasteiger partial charge >= 0.3 is 0 Å². The van der Waals surface area contributed by atoms with Crippen LogP contribution in [0.1, 0.15) is 31.7 Å². The third kappa shape index (κ3) is 4.44. The summed E-state index contributed by atoms with van der Waals surface area (Å²) in [6.07, 6.45) is 3.62. The fourth-order valence-corrected chi connectivity index (χ4v) is 2.93. The lowest BCUT2D eigenvalue weighted by Gasteiger charge is -2.32. The Balaban J connectivity index is 1.78. The van der Waals surface area contributed by atoms with Crippen molar-refractivity contribution in [1.82, 2.24) is 10.2 Å². The lowest BCUT2D eigenvalue weighted by molar-refractivity contribution is 0.175. The second-order valence-corrected chi connectivity index (χ2v) is 6.01. The second kappa shape index (κ2) is 7.96. The fraction of sp³-hybridized carbons (Fsp3) is 0.625. The van der Waals surface area contributed by atoms with Gasteiger partial charge in [-0.15, -0.1) is 0 Å². The average molecular weight is 299 g/mol. The maximum absolute atomic E-state index is 13.4. The van der Waals surface area contributed by atoms with E-state index in [1.807, 2.05) is 6.07 Å². The van der Waals surface area contributed by atoms with Crippen molar-refractivity contribution in [3.05, 3.63) is 34.6 Å². The average Bonchev–Trinajstić information content (AvgIpc) is 2.46. The van der Waals surface area contributed by atoms with E-state index in [1.165, 1.54) is 25.3 Å². The number of benzene rings is 1. The molecule has 0 unspecified atom stereocenters. The van der Waals surface area contributed by atoms with Crippen LogP contribution in [-0.2, 0) is 6.54 Å². The molecule has 1 aromatic rings. The Kier molecular flexibility index (Phi) is 6.27. The van der Waals surface area contributed by atoms with Crippen molar-refractivity contribution in [2.45, 2.75) is 32.7 Å². The highest BCUT2D eigenvalue weighted by molar-refractivity contribution is 6.31. The summed E-state index contributed by atoms with van der Waals surface area (Å²) in [7, 11) is 0. The number of likely N-dealkylation sites (tertiary alicyclic amines) is 1. The molecular weight excluding hydrogens is 275 g/mol. The van der Waals surface area contributed by atoms with Crippen molar-refractivity contribution in [2.75, 3.05) is 26.2 Å². The number of rotatable bonds is 6. The molecule has 4 heteroatoms. The normalized spacial score (nSPS) is 17.6. The third-order valence-corrected chi connectivity index (χ3v) is 4.42. The van der Waals surface area contributed by atoms with Crippen LogP contribution >= 0.6 is 11.6 Å². The van der Waals surface area contributed by atoms with Crippen LogP contribution in [0.15, 0.2) is 18.2 Å². The monoisotopic (exact) mass is 298 g/mol. The summed E-state index contributed by atoms with van der Waals surface area (Å²) in [4.78, 5) is 2.37. The first kappa shape index (κ1) is 15.7. The van der Waals surface area contributed by atoms with Crippen molar-refractivity contribution < 1.29 is 4.39 Å². The third-order valence-electron chi connectivity index (χ3n) is 3.99. The SMILES string of the molecule is CCCNCC1CCN(Cc2cccc(F)c2Cl)CC1. The predicted octanol–water partition coefficient (Wildman–Crippen LogP) is 3.69. The van der Waals surface area contributed by atoms with E-state index in [-0.39, 0.29) is 10.8 Å². The molecule has 1 aromatic carbocycles. The highest BCUT2D eigenvalue weighted by atomic mass is 35.5. The lowest BCUT2D eigenvalue weighted by Crippen LogP contribution is -2.37. The number of nitrogens with one attached hydrogen (secondary N) is 1. The van der Waals surface area contributed by atoms with E-state index in [9.17, 15) is 4.39 Å². The number of nitrogens with zero attached hydrogens (tertiary/aromatic N) is 1. The van der Waals surface area contributed by atoms with E-state index in [2.05, 4.69) is 17.1 Å². The molecule has 20 heavy (non-hydrogen) atoms. The largest absolute Gasteiger partial charge is 0.316 e. The summed E-state index contributed by atoms with van der Waals surface area (Å²) >= 11 is 6.01. The van der Waals surface area contributed by atoms with E-state index in [1.54, 1.807) is 6.07 Å². The van der Waals surface area contributed by atoms with Gasteiger partial charge in [0.1, 0.15) is 5.82 Å². The Bertz CT molecular complexity index is 417. The molecule has 0 saturated carbocycles. The molecule has 1 heterocycles. The van der Waals surface area contributed by atoms with Gasteiger partial charge in [0.05, 0.1) is 5.02 Å². The van der Waals surface area contributed by atoms with Gasteiger partial charge in [-0.1, -0.05) is 30.7 Å². The topological polar surface area (TPSA) is 15.3 Å². The highest BCUT2D eigenvalue weighted by Gasteiger charge is 2.19. The van der Waals surface area contributed by atoms with E-state index in [0.717, 1.165) is 44.2 Å². The quantitative estimate of drug-likeness (QED) is 0.806. The zero-order chi connectivity index (χ0) is 14.4. The van der Waals surface area contributed by atoms with Crippen LogP contribution in [-0.4, -0.2) is 31.1 Å². The standard InChI is InChI=1S/C16H24ClFN2/c1-2-8-19-11-13-6-9-20(10-7-13)12-14-4-3-5-15(18)16(14)17/h3-5,13,19H,2,6-12H2,1H3. The Morgan fingerprint density at radius 3 is 2.80 bits per heavy atom. The van der Waals surface area contributed by atoms with E-state index in [4.69, 9.17) is 11.6 Å². The molecule has 112 valence electrons. The molecule has 0 aromatic heterocycles. The van der Waals surface area contributed by atoms with Crippen molar-refractivity contribution in [1.29, 1.82) is 0 Å². The van der Waals surface area contributed by atoms with Crippen LogP contribution in [0.5, 0.6) is 0 Å². The van der Waals surface area contributed by atoms with Gasteiger partial charge < -0.3 is 5.32 Å². The summed E-state index contributed by atoms with van der Waals surface area (Å²) in [5.74, 6) is 0.462. The number of halogens is 2. The van der Waals surface area contributed by atoms with Crippen LogP contribution in [0.25, 0.3) is 0 Å². The van der Waals surface area contributed by atoms with Gasteiger partial charge in [0, 0.05) is 6.54 Å². The van der Waals surface area contributed by atoms with Crippen LogP contribution in [0, 0.1) is 11.7 Å². The van der Waals surface area contributed by atoms with Gasteiger partial charge in [0.2, 0.25) is 0 Å². The van der Waals surface area contributed by atoms with Gasteiger partial charge in [-0.3, -0.25) is 4.90 Å². The van der Waals surface area contributed by atoms with Crippen LogP contribution in [0.2, 0.25) is 5.02 Å². The highest BCUT2D eigenvalue weighted by Crippen LogP contribution is 2.24. The molecular formula is C16H24ClFN2. The first-order valence-corrected chi connectivity index (χ1v) is 7.94. The van der Waals surface area contributed by atoms with Crippen molar-refractivity contribution >= 4 is 11.6 Å². The summed E-state index contributed by atoms with van der Waals surface area (Å²) in [6.45, 7) is 7.34. The van der Waals surface area contributed by atoms with Crippen LogP contribution in [0.3, 0.4) is 0 Å². The Hall–Kier alpha value is -0.640. The predicted molar refractivity (Wildman–Crippen MR) is 82.6 cm³/mol. The van der Waals surface area contributed by atoms with Gasteiger partial charge in [0.25, 0.3) is 0 Å². The van der Waals surface area contributed by atoms with Crippen LogP contribution < -0.4 is 5.32 Å². The minimum Gasteiger partial charge on any atom is -0.316 e. The first-order valence-electron chi connectivity index (χ1n) is 7.56. The molecule has 2 rings (SSSR count). The molecule has 1 N–H and O–H groups in total. The second-order valence-electron chi connectivity index (χ2n) is 5.64. The molecule has 0 radical (unpaired) electrons. The summed E-state index contributed by atoms with van der Waals surface area (Å²) in [6, 6.07) is 5.07. The van der Waals surface area contributed by atoms with Gasteiger partial charge in [-0.25, -0.2) is 4.39 Å². The van der Waals surface area contributed by atoms with Crippen molar-refractivity contribution in [3.63, 3.8) is 0 Å². The number of hydrogen-bond acceptors (Lipinski definition) is 2. The van der Waals surface area contributed by atoms with E-state index < -0.39 is 0 Å². The van der Waals surface area contributed by atoms with Gasteiger partial charge in [-0.2, -0.15) is 0 Å². The summed E-state index contributed by atoms with van der Waals surface area (Å²) in [5.41, 5.74) is 0.897. The number of piperidine rings is 1. The lowest BCUT2D eigenvalue weighted by atomic mass is 9.96. The molecule has 0 spiro atoms. The smallest absolute Gasteiger partial charge is 0.142 e. The molecule has 1 saturated heterocycles. The zero-order valence-electron chi connectivity index (χ0n) is 12.2. The minimum atomic E-state index is -0.317. The molecule has 1 aliphatic rings. The van der Waals surface area contributed by atoms with Gasteiger partial charge in [-0.05, 0) is 63.0 Å². The zero-order valence-corrected chi connectivity index (χ0v) is 12.9. The van der Waals surface area contributed by atoms with Gasteiger partial charge in [0.15, 0.2) is 0 Å². The molecule has 1 aliphatic heterocycles. The molecule has 0 amide bonds. The Morgan fingerprint density at radius 2 is 2.10 bits per heavy atom. The molecule has 0 bridgehead atoms. The first-order chi connectivity index (χ1) is 9.70. The van der Waals surface area contributed by atoms with E-state index in [0.29, 0.717) is 0 Å². The van der Waals surface area contributed by atoms with E-state index >= 15 is 0 Å².